The fourth-order valence-electron chi connectivity index (χ4n) is 6.75. The average molecular weight is 781 g/mol. The van der Waals surface area contributed by atoms with Gasteiger partial charge in [-0.3, -0.25) is 24.4 Å². The van der Waals surface area contributed by atoms with Crippen molar-refractivity contribution < 1.29 is 24.6 Å². The lowest BCUT2D eigenvalue weighted by molar-refractivity contribution is -0.145. The lowest BCUT2D eigenvalue weighted by atomic mass is 9.95. The molecule has 304 valence electrons. The van der Waals surface area contributed by atoms with Gasteiger partial charge in [0.15, 0.2) is 11.9 Å². The van der Waals surface area contributed by atoms with Crippen LogP contribution in [0, 0.1) is 0 Å². The van der Waals surface area contributed by atoms with Crippen LogP contribution in [0.25, 0.3) is 10.8 Å². The number of guanidine groups is 2. The smallest absolute Gasteiger partial charge is 0.246 e. The molecule has 0 unspecified atom stereocenters. The molecule has 0 bridgehead atoms. The lowest BCUT2D eigenvalue weighted by Gasteiger charge is -2.38. The Labute approximate surface area is 333 Å². The van der Waals surface area contributed by atoms with Crippen molar-refractivity contribution in [2.75, 3.05) is 13.1 Å². The van der Waals surface area contributed by atoms with Crippen molar-refractivity contribution in [2.45, 2.75) is 82.5 Å². The van der Waals surface area contributed by atoms with Gasteiger partial charge in [0, 0.05) is 19.5 Å². The molecule has 4 atom stereocenters. The minimum absolute atomic E-state index is 0.0221. The summed E-state index contributed by atoms with van der Waals surface area (Å²) in [6.45, 7) is 2.63. The molecular weight excluding hydrogens is 725 g/mol. The maximum atomic E-state index is 15.0. The van der Waals surface area contributed by atoms with Crippen LogP contribution in [0.4, 0.5) is 0 Å². The van der Waals surface area contributed by atoms with E-state index < -0.39 is 41.9 Å². The number of rotatable bonds is 21. The Morgan fingerprint density at radius 2 is 1.23 bits per heavy atom. The SMILES string of the molecule is C[C@H](c1ccc2cc(CCCCCN=C(N)N)ccc2c1)N(C(=O)[C@H](Cc1ccc(O)cc1)NC(=O)[C@@H](N)Cc1ccc(O)cc1)[C@@H](CCCN=C(N)N)C(N)=O. The van der Waals surface area contributed by atoms with Crippen molar-refractivity contribution >= 4 is 40.4 Å². The van der Waals surface area contributed by atoms with Gasteiger partial charge in [0.25, 0.3) is 0 Å². The molecular formula is C42H56N10O5. The van der Waals surface area contributed by atoms with Crippen molar-refractivity contribution in [1.82, 2.24) is 10.2 Å². The Morgan fingerprint density at radius 3 is 1.82 bits per heavy atom. The van der Waals surface area contributed by atoms with E-state index in [0.29, 0.717) is 24.1 Å². The van der Waals surface area contributed by atoms with E-state index in [1.165, 1.54) is 34.7 Å². The molecule has 57 heavy (non-hydrogen) atoms. The molecule has 15 nitrogen and oxygen atoms in total. The van der Waals surface area contributed by atoms with Crippen LogP contribution in [0.3, 0.4) is 0 Å². The highest BCUT2D eigenvalue weighted by atomic mass is 16.3. The van der Waals surface area contributed by atoms with E-state index in [-0.39, 0.29) is 49.2 Å². The van der Waals surface area contributed by atoms with Crippen molar-refractivity contribution in [2.24, 2.45) is 44.4 Å². The molecule has 0 saturated heterocycles. The number of carbonyl (C=O) groups excluding carboxylic acids is 3. The number of fused-ring (bicyclic) bond motifs is 1. The van der Waals surface area contributed by atoms with Gasteiger partial charge in [-0.1, -0.05) is 61.0 Å². The van der Waals surface area contributed by atoms with Crippen LogP contribution in [0.5, 0.6) is 11.5 Å². The zero-order valence-corrected chi connectivity index (χ0v) is 32.4. The number of benzene rings is 4. The fourth-order valence-corrected chi connectivity index (χ4v) is 6.75. The second-order valence-electron chi connectivity index (χ2n) is 14.3. The highest BCUT2D eigenvalue weighted by Gasteiger charge is 2.37. The topological polar surface area (TPSA) is 288 Å². The standard InChI is InChI=1S/C42H56N10O5/c1-26(30-14-15-31-22-27(8-13-32(31)25-30)6-3-2-4-20-49-41(45)46)52(37(38(44)55)7-5-21-50-42(47)48)40(57)36(24-29-11-18-34(54)19-12-29)51-39(56)35(43)23-28-9-16-33(53)17-10-28/h8-19,22,25-26,35-37,53-54H,2-7,20-21,23-24,43H2,1H3,(H2,44,55)(H,51,56)(H4,45,46,49)(H4,47,48,50)/t26-,35+,36+,37+/m1/s1. The van der Waals surface area contributed by atoms with E-state index in [9.17, 15) is 24.6 Å². The molecule has 15 heteroatoms. The summed E-state index contributed by atoms with van der Waals surface area (Å²) in [4.78, 5) is 51.5. The van der Waals surface area contributed by atoms with E-state index in [1.54, 1.807) is 24.3 Å². The van der Waals surface area contributed by atoms with Crippen LogP contribution in [0.2, 0.25) is 0 Å². The maximum Gasteiger partial charge on any atom is 0.246 e. The third-order valence-corrected chi connectivity index (χ3v) is 9.81. The number of phenolic OH excluding ortho intramolecular Hbond substituents is 2. The van der Waals surface area contributed by atoms with E-state index in [2.05, 4.69) is 27.4 Å². The minimum atomic E-state index is -1.18. The van der Waals surface area contributed by atoms with Gasteiger partial charge < -0.3 is 54.8 Å². The molecule has 0 aliphatic heterocycles. The van der Waals surface area contributed by atoms with Gasteiger partial charge in [0.1, 0.15) is 23.6 Å². The first-order valence-corrected chi connectivity index (χ1v) is 19.1. The van der Waals surface area contributed by atoms with Crippen LogP contribution in [-0.2, 0) is 33.6 Å². The van der Waals surface area contributed by atoms with Gasteiger partial charge in [-0.2, -0.15) is 0 Å². The first-order chi connectivity index (χ1) is 27.2. The van der Waals surface area contributed by atoms with Crippen molar-refractivity contribution in [1.29, 1.82) is 0 Å². The number of hydrogen-bond donors (Lipinski definition) is 9. The number of hydrogen-bond acceptors (Lipinski definition) is 8. The molecule has 4 aromatic carbocycles. The Hall–Kier alpha value is -6.35. The number of aliphatic imine (C=N–C) groups is 2. The molecule has 4 rings (SSSR count). The molecule has 0 aliphatic carbocycles. The number of amides is 3. The number of unbranched alkanes of at least 4 members (excludes halogenated alkanes) is 2. The maximum absolute atomic E-state index is 15.0. The second-order valence-corrected chi connectivity index (χ2v) is 14.3. The Balaban J connectivity index is 1.66. The van der Waals surface area contributed by atoms with Gasteiger partial charge in [0.2, 0.25) is 17.7 Å². The van der Waals surface area contributed by atoms with Gasteiger partial charge in [-0.15, -0.1) is 0 Å². The summed E-state index contributed by atoms with van der Waals surface area (Å²) in [6.07, 6.45) is 4.40. The number of nitrogens with one attached hydrogen (secondary N) is 1. The number of aromatic hydroxyl groups is 2. The van der Waals surface area contributed by atoms with Gasteiger partial charge in [-0.25, -0.2) is 0 Å². The van der Waals surface area contributed by atoms with Gasteiger partial charge >= 0.3 is 0 Å². The molecule has 15 N–H and O–H groups in total. The van der Waals surface area contributed by atoms with Crippen LogP contribution in [-0.4, -0.2) is 76.0 Å². The predicted molar refractivity (Wildman–Crippen MR) is 224 cm³/mol. The molecule has 0 fully saturated rings. The van der Waals surface area contributed by atoms with Gasteiger partial charge in [0.05, 0.1) is 12.1 Å². The summed E-state index contributed by atoms with van der Waals surface area (Å²) < 4.78 is 0. The van der Waals surface area contributed by atoms with E-state index >= 15 is 0 Å². The Bertz CT molecular complexity index is 2010. The third kappa shape index (κ3) is 13.4. The number of primary amides is 1. The monoisotopic (exact) mass is 780 g/mol. The number of carbonyl (C=O) groups is 3. The van der Waals surface area contributed by atoms with E-state index in [0.717, 1.165) is 42.0 Å². The third-order valence-electron chi connectivity index (χ3n) is 9.81. The molecule has 0 radical (unpaired) electrons. The molecule has 0 heterocycles. The normalized spacial score (nSPS) is 13.2. The van der Waals surface area contributed by atoms with Crippen LogP contribution in [0.1, 0.15) is 67.3 Å². The predicted octanol–water partition coefficient (Wildman–Crippen LogP) is 2.33. The summed E-state index contributed by atoms with van der Waals surface area (Å²) in [5.74, 6) is -1.77. The average Bonchev–Trinajstić information content (AvgIpc) is 3.17. The number of phenols is 2. The largest absolute Gasteiger partial charge is 0.508 e. The first kappa shape index (κ1) is 43.4. The summed E-state index contributed by atoms with van der Waals surface area (Å²) in [5, 5.41) is 24.4. The second kappa shape index (κ2) is 21.1. The quantitative estimate of drug-likeness (QED) is 0.0338. The van der Waals surface area contributed by atoms with E-state index in [1.807, 2.05) is 31.2 Å². The fraction of sp³-hybridized carbons (Fsp3) is 0.357. The van der Waals surface area contributed by atoms with Crippen molar-refractivity contribution in [3.8, 4) is 11.5 Å². The number of nitrogens with zero attached hydrogens (tertiary/aromatic N) is 3. The minimum Gasteiger partial charge on any atom is -0.508 e. The zero-order chi connectivity index (χ0) is 41.5. The summed E-state index contributed by atoms with van der Waals surface area (Å²) >= 11 is 0. The molecule has 0 saturated carbocycles. The number of nitrogens with two attached hydrogens (primary N) is 6. The molecule has 3 amide bonds. The Kier molecular flexibility index (Phi) is 16.0. The van der Waals surface area contributed by atoms with Crippen LogP contribution < -0.4 is 39.7 Å². The molecule has 4 aromatic rings. The molecule has 0 aromatic heterocycles. The lowest BCUT2D eigenvalue weighted by Crippen LogP contribution is -2.58. The van der Waals surface area contributed by atoms with E-state index in [4.69, 9.17) is 34.4 Å². The molecule has 0 aliphatic rings. The summed E-state index contributed by atoms with van der Waals surface area (Å²) in [7, 11) is 0. The highest BCUT2D eigenvalue weighted by molar-refractivity contribution is 5.93. The zero-order valence-electron chi connectivity index (χ0n) is 32.4. The number of aryl methyl sites for hydroxylation is 1. The van der Waals surface area contributed by atoms with Crippen molar-refractivity contribution in [3.63, 3.8) is 0 Å². The molecule has 0 spiro atoms. The van der Waals surface area contributed by atoms with Crippen LogP contribution >= 0.6 is 0 Å². The first-order valence-electron chi connectivity index (χ1n) is 19.1. The van der Waals surface area contributed by atoms with Crippen molar-refractivity contribution in [3.05, 3.63) is 107 Å². The van der Waals surface area contributed by atoms with Crippen LogP contribution in [0.15, 0.2) is 94.9 Å². The summed E-state index contributed by atoms with van der Waals surface area (Å²) in [6, 6.07) is 20.7. The Morgan fingerprint density at radius 1 is 0.684 bits per heavy atom. The highest BCUT2D eigenvalue weighted by Crippen LogP contribution is 2.30. The summed E-state index contributed by atoms with van der Waals surface area (Å²) in [5.41, 5.74) is 37.6. The van der Waals surface area contributed by atoms with Gasteiger partial charge in [-0.05, 0) is 109 Å².